The number of hydrogen-bond acceptors (Lipinski definition) is 5. The van der Waals surface area contributed by atoms with Gasteiger partial charge in [-0.2, -0.15) is 16.7 Å². The van der Waals surface area contributed by atoms with Gasteiger partial charge < -0.3 is 14.6 Å². The van der Waals surface area contributed by atoms with E-state index in [0.29, 0.717) is 24.4 Å². The lowest BCUT2D eigenvalue weighted by Gasteiger charge is -2.40. The van der Waals surface area contributed by atoms with E-state index in [1.54, 1.807) is 11.8 Å². The van der Waals surface area contributed by atoms with Crippen molar-refractivity contribution in [3.8, 4) is 5.75 Å². The Bertz CT molecular complexity index is 1050. The molecular formula is C25H33N3O2S. The standard InChI is InChI=1S/C25H33N3O2S/c1-16-10-17(2)12-19(11-16)25(8-6-7-9-25)13-21-26-24(30)23(29)22-18(3)27(4)20(15-31-5)14-28(21)22/h10-12,20,29H,3,6-9,13-15H2,1-2,4-5H3/t20-/m1/s1. The molecular weight excluding hydrogens is 406 g/mol. The molecule has 2 aromatic rings. The first kappa shape index (κ1) is 22.0. The maximum atomic E-state index is 12.7. The van der Waals surface area contributed by atoms with Crippen LogP contribution >= 0.6 is 11.8 Å². The van der Waals surface area contributed by atoms with E-state index in [1.807, 2.05) is 7.05 Å². The largest absolute Gasteiger partial charge is 0.501 e. The lowest BCUT2D eigenvalue weighted by atomic mass is 9.75. The Labute approximate surface area is 189 Å². The van der Waals surface area contributed by atoms with Gasteiger partial charge in [-0.3, -0.25) is 4.79 Å². The lowest BCUT2D eigenvalue weighted by molar-refractivity contribution is 0.291. The van der Waals surface area contributed by atoms with Crippen molar-refractivity contribution in [2.75, 3.05) is 19.1 Å². The maximum absolute atomic E-state index is 12.7. The van der Waals surface area contributed by atoms with E-state index < -0.39 is 5.56 Å². The molecule has 6 heteroatoms. The molecule has 0 radical (unpaired) electrons. The minimum absolute atomic E-state index is 0.0202. The van der Waals surface area contributed by atoms with Crippen LogP contribution in [0.4, 0.5) is 0 Å². The Morgan fingerprint density at radius 1 is 1.23 bits per heavy atom. The fourth-order valence-electron chi connectivity index (χ4n) is 5.49. The third-order valence-electron chi connectivity index (χ3n) is 7.13. The van der Waals surface area contributed by atoms with E-state index in [4.69, 9.17) is 0 Å². The van der Waals surface area contributed by atoms with Gasteiger partial charge in [-0.25, -0.2) is 0 Å². The summed E-state index contributed by atoms with van der Waals surface area (Å²) < 4.78 is 2.07. The molecule has 1 fully saturated rings. The number of fused-ring (bicyclic) bond motifs is 1. The first-order chi connectivity index (χ1) is 14.8. The van der Waals surface area contributed by atoms with Crippen LogP contribution in [0.25, 0.3) is 5.70 Å². The first-order valence-corrected chi connectivity index (χ1v) is 12.5. The summed E-state index contributed by atoms with van der Waals surface area (Å²) in [6.07, 6.45) is 7.37. The molecule has 1 saturated carbocycles. The molecule has 1 atom stereocenters. The predicted octanol–water partition coefficient (Wildman–Crippen LogP) is 4.27. The summed E-state index contributed by atoms with van der Waals surface area (Å²) in [5, 5.41) is 10.6. The Balaban J connectivity index is 1.84. The molecule has 0 saturated heterocycles. The molecule has 0 spiro atoms. The zero-order chi connectivity index (χ0) is 22.3. The molecule has 1 aliphatic heterocycles. The van der Waals surface area contributed by atoms with Gasteiger partial charge in [0.25, 0.3) is 0 Å². The van der Waals surface area contributed by atoms with E-state index in [2.05, 4.69) is 59.3 Å². The average molecular weight is 440 g/mol. The number of rotatable bonds is 5. The number of nitrogens with zero attached hydrogens (tertiary/aromatic N) is 3. The summed E-state index contributed by atoms with van der Waals surface area (Å²) in [5.74, 6) is 1.44. The maximum Gasteiger partial charge on any atom is 0.315 e. The van der Waals surface area contributed by atoms with Crippen LogP contribution in [0.1, 0.15) is 53.9 Å². The average Bonchev–Trinajstić information content (AvgIpc) is 3.19. The van der Waals surface area contributed by atoms with E-state index >= 15 is 0 Å². The molecule has 2 aliphatic rings. The van der Waals surface area contributed by atoms with Crippen LogP contribution in [0.5, 0.6) is 5.75 Å². The number of aromatic nitrogens is 2. The van der Waals surface area contributed by atoms with Gasteiger partial charge in [-0.1, -0.05) is 48.7 Å². The molecule has 0 bridgehead atoms. The van der Waals surface area contributed by atoms with Crippen molar-refractivity contribution in [2.45, 2.75) is 64.0 Å². The van der Waals surface area contributed by atoms with Gasteiger partial charge in [0, 0.05) is 31.2 Å². The summed E-state index contributed by atoms with van der Waals surface area (Å²) in [6.45, 7) is 9.21. The molecule has 4 rings (SSSR count). The molecule has 0 unspecified atom stereocenters. The second-order valence-electron chi connectivity index (χ2n) is 9.35. The van der Waals surface area contributed by atoms with Gasteiger partial charge in [-0.05, 0) is 38.5 Å². The van der Waals surface area contributed by atoms with Crippen LogP contribution in [-0.2, 0) is 18.4 Å². The zero-order valence-corrected chi connectivity index (χ0v) is 19.9. The number of thioether (sulfide) groups is 1. The minimum atomic E-state index is -0.548. The second kappa shape index (κ2) is 8.38. The molecule has 5 nitrogen and oxygen atoms in total. The number of likely N-dealkylation sites (N-methyl/N-ethyl adjacent to an activating group) is 1. The van der Waals surface area contributed by atoms with Crippen molar-refractivity contribution < 1.29 is 5.11 Å². The SMILES string of the molecule is C=C1c2c(O)c(=O)nc(CC3(c4cc(C)cc(C)c4)CCCC3)n2C[C@H](CSC)N1C. The van der Waals surface area contributed by atoms with Gasteiger partial charge in [0.15, 0.2) is 0 Å². The predicted molar refractivity (Wildman–Crippen MR) is 129 cm³/mol. The van der Waals surface area contributed by atoms with Gasteiger partial charge in [0.1, 0.15) is 11.5 Å². The third-order valence-corrected chi connectivity index (χ3v) is 7.85. The summed E-state index contributed by atoms with van der Waals surface area (Å²) in [4.78, 5) is 19.2. The van der Waals surface area contributed by atoms with Gasteiger partial charge in [0.05, 0.1) is 11.7 Å². The van der Waals surface area contributed by atoms with Gasteiger partial charge in [0.2, 0.25) is 5.75 Å². The van der Waals surface area contributed by atoms with Gasteiger partial charge in [-0.15, -0.1) is 0 Å². The number of aromatic hydroxyl groups is 1. The van der Waals surface area contributed by atoms with E-state index in [0.717, 1.165) is 24.4 Å². The summed E-state index contributed by atoms with van der Waals surface area (Å²) in [7, 11) is 1.99. The normalized spacial score (nSPS) is 20.2. The van der Waals surface area contributed by atoms with E-state index in [9.17, 15) is 9.90 Å². The van der Waals surface area contributed by atoms with Gasteiger partial charge >= 0.3 is 5.56 Å². The van der Waals surface area contributed by atoms with Crippen molar-refractivity contribution >= 4 is 17.5 Å². The van der Waals surface area contributed by atoms with Crippen molar-refractivity contribution in [1.29, 1.82) is 0 Å². The second-order valence-corrected chi connectivity index (χ2v) is 10.3. The smallest absolute Gasteiger partial charge is 0.315 e. The molecule has 166 valence electrons. The summed E-state index contributed by atoms with van der Waals surface area (Å²) in [5.41, 5.74) is 4.55. The Hall–Kier alpha value is -2.21. The highest BCUT2D eigenvalue weighted by molar-refractivity contribution is 7.98. The van der Waals surface area contributed by atoms with Crippen molar-refractivity contribution in [2.24, 2.45) is 0 Å². The van der Waals surface area contributed by atoms with Crippen LogP contribution in [0.2, 0.25) is 0 Å². The molecule has 1 aliphatic carbocycles. The number of benzene rings is 1. The summed E-state index contributed by atoms with van der Waals surface area (Å²) >= 11 is 1.79. The monoisotopic (exact) mass is 439 g/mol. The number of hydrogen-bond donors (Lipinski definition) is 1. The quantitative estimate of drug-likeness (QED) is 0.754. The highest BCUT2D eigenvalue weighted by Gasteiger charge is 2.39. The lowest BCUT2D eigenvalue weighted by Crippen LogP contribution is -2.44. The number of aryl methyl sites for hydroxylation is 2. The fraction of sp³-hybridized carbons (Fsp3) is 0.520. The highest BCUT2D eigenvalue weighted by atomic mass is 32.2. The van der Waals surface area contributed by atoms with Crippen LogP contribution < -0.4 is 5.56 Å². The van der Waals surface area contributed by atoms with E-state index in [1.165, 1.54) is 29.5 Å². The van der Waals surface area contributed by atoms with E-state index in [-0.39, 0.29) is 17.2 Å². The molecule has 1 aromatic heterocycles. The van der Waals surface area contributed by atoms with Crippen molar-refractivity contribution in [3.63, 3.8) is 0 Å². The third kappa shape index (κ3) is 3.91. The molecule has 1 aromatic carbocycles. The molecule has 31 heavy (non-hydrogen) atoms. The first-order valence-electron chi connectivity index (χ1n) is 11.1. The van der Waals surface area contributed by atoms with Crippen LogP contribution in [0.3, 0.4) is 0 Å². The molecule has 0 amide bonds. The minimum Gasteiger partial charge on any atom is -0.501 e. The van der Waals surface area contributed by atoms with Crippen molar-refractivity contribution in [3.05, 3.63) is 63.3 Å². The Morgan fingerprint density at radius 2 is 1.87 bits per heavy atom. The van der Waals surface area contributed by atoms with Crippen LogP contribution in [-0.4, -0.2) is 44.7 Å². The Morgan fingerprint density at radius 3 is 2.48 bits per heavy atom. The highest BCUT2D eigenvalue weighted by Crippen LogP contribution is 2.44. The van der Waals surface area contributed by atoms with Crippen molar-refractivity contribution in [1.82, 2.24) is 14.5 Å². The zero-order valence-electron chi connectivity index (χ0n) is 19.1. The fourth-order valence-corrected chi connectivity index (χ4v) is 6.21. The summed E-state index contributed by atoms with van der Waals surface area (Å²) in [6, 6.07) is 7.07. The topological polar surface area (TPSA) is 58.4 Å². The van der Waals surface area contributed by atoms with Crippen LogP contribution in [0.15, 0.2) is 29.6 Å². The molecule has 2 heterocycles. The Kier molecular flexibility index (Phi) is 5.95. The molecule has 1 N–H and O–H groups in total. The van der Waals surface area contributed by atoms with Crippen LogP contribution in [0, 0.1) is 13.8 Å².